The number of carbonyl (C=O) groups excluding carboxylic acids is 2. The number of piperazine rings is 1. The van der Waals surface area contributed by atoms with Crippen molar-refractivity contribution in [3.8, 4) is 0 Å². The number of nitrogens with one attached hydrogen (secondary N) is 1. The van der Waals surface area contributed by atoms with Gasteiger partial charge >= 0.3 is 0 Å². The van der Waals surface area contributed by atoms with E-state index in [0.717, 1.165) is 25.7 Å². The Labute approximate surface area is 128 Å². The third-order valence-corrected chi connectivity index (χ3v) is 4.77. The SMILES string of the molecule is CCCC1C(=O)NC(C2CCCCC2)C(=O)N1CC(C)C. The molecule has 1 N–H and O–H groups in total. The highest BCUT2D eigenvalue weighted by atomic mass is 16.2. The first-order valence-corrected chi connectivity index (χ1v) is 8.65. The molecule has 1 saturated heterocycles. The molecule has 0 aromatic heterocycles. The molecule has 0 aromatic rings. The van der Waals surface area contributed by atoms with Crippen LogP contribution in [0.4, 0.5) is 0 Å². The zero-order chi connectivity index (χ0) is 15.4. The van der Waals surface area contributed by atoms with Gasteiger partial charge in [0, 0.05) is 6.54 Å². The quantitative estimate of drug-likeness (QED) is 0.847. The number of nitrogens with zero attached hydrogens (tertiary/aromatic N) is 1. The lowest BCUT2D eigenvalue weighted by Gasteiger charge is -2.43. The lowest BCUT2D eigenvalue weighted by atomic mass is 9.82. The van der Waals surface area contributed by atoms with Crippen LogP contribution in [0.25, 0.3) is 0 Å². The van der Waals surface area contributed by atoms with Gasteiger partial charge in [0.25, 0.3) is 0 Å². The molecule has 0 radical (unpaired) electrons. The van der Waals surface area contributed by atoms with Crippen LogP contribution in [0.1, 0.15) is 65.7 Å². The van der Waals surface area contributed by atoms with E-state index in [0.29, 0.717) is 18.4 Å². The van der Waals surface area contributed by atoms with Crippen LogP contribution in [0.5, 0.6) is 0 Å². The van der Waals surface area contributed by atoms with E-state index in [2.05, 4.69) is 26.1 Å². The monoisotopic (exact) mass is 294 g/mol. The van der Waals surface area contributed by atoms with Crippen molar-refractivity contribution in [2.45, 2.75) is 77.8 Å². The summed E-state index contributed by atoms with van der Waals surface area (Å²) in [6.07, 6.45) is 7.48. The molecule has 0 aromatic carbocycles. The van der Waals surface area contributed by atoms with Gasteiger partial charge in [0.2, 0.25) is 11.8 Å². The molecular formula is C17H30N2O2. The maximum atomic E-state index is 12.9. The van der Waals surface area contributed by atoms with Crippen LogP contribution >= 0.6 is 0 Å². The van der Waals surface area contributed by atoms with Gasteiger partial charge in [0.15, 0.2) is 0 Å². The summed E-state index contributed by atoms with van der Waals surface area (Å²) in [5.41, 5.74) is 0. The van der Waals surface area contributed by atoms with E-state index in [1.807, 2.05) is 4.90 Å². The molecule has 2 amide bonds. The molecule has 1 aliphatic carbocycles. The van der Waals surface area contributed by atoms with Gasteiger partial charge in [-0.2, -0.15) is 0 Å². The zero-order valence-electron chi connectivity index (χ0n) is 13.7. The third kappa shape index (κ3) is 3.78. The summed E-state index contributed by atoms with van der Waals surface area (Å²) in [4.78, 5) is 27.2. The van der Waals surface area contributed by atoms with Crippen molar-refractivity contribution in [3.63, 3.8) is 0 Å². The van der Waals surface area contributed by atoms with Gasteiger partial charge in [-0.15, -0.1) is 0 Å². The first kappa shape index (κ1) is 16.3. The van der Waals surface area contributed by atoms with Crippen LogP contribution < -0.4 is 5.32 Å². The minimum absolute atomic E-state index is 0.0627. The van der Waals surface area contributed by atoms with E-state index in [-0.39, 0.29) is 23.9 Å². The average molecular weight is 294 g/mol. The Balaban J connectivity index is 2.15. The highest BCUT2D eigenvalue weighted by molar-refractivity contribution is 5.97. The van der Waals surface area contributed by atoms with Crippen molar-refractivity contribution >= 4 is 11.8 Å². The van der Waals surface area contributed by atoms with Crippen LogP contribution in [-0.4, -0.2) is 35.3 Å². The van der Waals surface area contributed by atoms with Gasteiger partial charge < -0.3 is 10.2 Å². The fraction of sp³-hybridized carbons (Fsp3) is 0.882. The second-order valence-electron chi connectivity index (χ2n) is 7.07. The Bertz CT molecular complexity index is 375. The van der Waals surface area contributed by atoms with Crippen LogP contribution in [0.2, 0.25) is 0 Å². The first-order valence-electron chi connectivity index (χ1n) is 8.65. The summed E-state index contributed by atoms with van der Waals surface area (Å²) in [6, 6.07) is -0.533. The smallest absolute Gasteiger partial charge is 0.246 e. The lowest BCUT2D eigenvalue weighted by Crippen LogP contribution is -2.65. The van der Waals surface area contributed by atoms with Crippen molar-refractivity contribution in [3.05, 3.63) is 0 Å². The molecule has 2 unspecified atom stereocenters. The van der Waals surface area contributed by atoms with Crippen LogP contribution in [0.3, 0.4) is 0 Å². The van der Waals surface area contributed by atoms with Gasteiger partial charge in [-0.1, -0.05) is 46.5 Å². The van der Waals surface area contributed by atoms with Crippen molar-refractivity contribution in [1.29, 1.82) is 0 Å². The van der Waals surface area contributed by atoms with Gasteiger partial charge in [0.05, 0.1) is 0 Å². The number of hydrogen-bond donors (Lipinski definition) is 1. The molecule has 2 fully saturated rings. The number of carbonyl (C=O) groups is 2. The van der Waals surface area contributed by atoms with Crippen LogP contribution in [-0.2, 0) is 9.59 Å². The van der Waals surface area contributed by atoms with Gasteiger partial charge in [-0.25, -0.2) is 0 Å². The second-order valence-corrected chi connectivity index (χ2v) is 7.07. The molecule has 4 nitrogen and oxygen atoms in total. The van der Waals surface area contributed by atoms with Gasteiger partial charge in [-0.3, -0.25) is 9.59 Å². The van der Waals surface area contributed by atoms with Crippen molar-refractivity contribution in [2.75, 3.05) is 6.54 Å². The molecule has 1 saturated carbocycles. The molecule has 2 aliphatic rings. The van der Waals surface area contributed by atoms with Crippen molar-refractivity contribution in [1.82, 2.24) is 10.2 Å². The molecule has 21 heavy (non-hydrogen) atoms. The first-order chi connectivity index (χ1) is 10.0. The predicted octanol–water partition coefficient (Wildman–Crippen LogP) is 2.72. The Morgan fingerprint density at radius 1 is 1.19 bits per heavy atom. The molecule has 0 bridgehead atoms. The predicted molar refractivity (Wildman–Crippen MR) is 83.8 cm³/mol. The fourth-order valence-corrected chi connectivity index (χ4v) is 3.74. The summed E-state index contributed by atoms with van der Waals surface area (Å²) in [7, 11) is 0. The fourth-order valence-electron chi connectivity index (χ4n) is 3.74. The standard InChI is InChI=1S/C17H30N2O2/c1-4-8-14-16(20)18-15(13-9-6-5-7-10-13)17(21)19(14)11-12(2)3/h12-15H,4-11H2,1-3H3,(H,18,20). The third-order valence-electron chi connectivity index (χ3n) is 4.77. The minimum atomic E-state index is -0.273. The van der Waals surface area contributed by atoms with E-state index in [9.17, 15) is 9.59 Å². The number of hydrogen-bond acceptors (Lipinski definition) is 2. The molecule has 4 heteroatoms. The molecule has 1 heterocycles. The van der Waals surface area contributed by atoms with E-state index in [1.165, 1.54) is 19.3 Å². The van der Waals surface area contributed by atoms with Crippen LogP contribution in [0, 0.1) is 11.8 Å². The number of rotatable bonds is 5. The zero-order valence-corrected chi connectivity index (χ0v) is 13.7. The van der Waals surface area contributed by atoms with E-state index >= 15 is 0 Å². The molecule has 2 rings (SSSR count). The Morgan fingerprint density at radius 3 is 2.43 bits per heavy atom. The summed E-state index contributed by atoms with van der Waals surface area (Å²) >= 11 is 0. The Hall–Kier alpha value is -1.06. The normalized spacial score (nSPS) is 28.1. The van der Waals surface area contributed by atoms with E-state index in [1.54, 1.807) is 0 Å². The van der Waals surface area contributed by atoms with Gasteiger partial charge in [-0.05, 0) is 31.1 Å². The topological polar surface area (TPSA) is 49.4 Å². The van der Waals surface area contributed by atoms with E-state index in [4.69, 9.17) is 0 Å². The van der Waals surface area contributed by atoms with Crippen molar-refractivity contribution < 1.29 is 9.59 Å². The largest absolute Gasteiger partial charge is 0.342 e. The Kier molecular flexibility index (Phi) is 5.65. The lowest BCUT2D eigenvalue weighted by molar-refractivity contribution is -0.152. The summed E-state index contributed by atoms with van der Waals surface area (Å²) in [6.45, 7) is 6.98. The summed E-state index contributed by atoms with van der Waals surface area (Å²) in [5, 5.41) is 3.04. The maximum Gasteiger partial charge on any atom is 0.246 e. The molecule has 0 spiro atoms. The Morgan fingerprint density at radius 2 is 1.86 bits per heavy atom. The summed E-state index contributed by atoms with van der Waals surface area (Å²) in [5.74, 6) is 0.958. The second kappa shape index (κ2) is 7.28. The highest BCUT2D eigenvalue weighted by Crippen LogP contribution is 2.30. The molecule has 1 aliphatic heterocycles. The minimum Gasteiger partial charge on any atom is -0.342 e. The molecule has 120 valence electrons. The maximum absolute atomic E-state index is 12.9. The van der Waals surface area contributed by atoms with Crippen LogP contribution in [0.15, 0.2) is 0 Å². The van der Waals surface area contributed by atoms with E-state index < -0.39 is 0 Å². The molecule has 2 atom stereocenters. The summed E-state index contributed by atoms with van der Waals surface area (Å²) < 4.78 is 0. The number of amides is 2. The highest BCUT2D eigenvalue weighted by Gasteiger charge is 2.43. The van der Waals surface area contributed by atoms with Gasteiger partial charge in [0.1, 0.15) is 12.1 Å². The molecular weight excluding hydrogens is 264 g/mol. The van der Waals surface area contributed by atoms with Crippen molar-refractivity contribution in [2.24, 2.45) is 11.8 Å². The average Bonchev–Trinajstić information content (AvgIpc) is 2.47.